The Kier molecular flexibility index (Phi) is 4.21. The molecule has 0 bridgehead atoms. The molecule has 21 heavy (non-hydrogen) atoms. The minimum atomic E-state index is -0.839. The number of hydrogen-bond acceptors (Lipinski definition) is 3. The number of aromatic hydroxyl groups is 1. The van der Waals surface area contributed by atoms with E-state index < -0.39 is 11.4 Å². The predicted octanol–water partition coefficient (Wildman–Crippen LogP) is 1.89. The first-order chi connectivity index (χ1) is 9.85. The van der Waals surface area contributed by atoms with Gasteiger partial charge < -0.3 is 15.1 Å². The Morgan fingerprint density at radius 3 is 2.62 bits per heavy atom. The topological polar surface area (TPSA) is 77.8 Å². The third-order valence-corrected chi connectivity index (χ3v) is 4.45. The van der Waals surface area contributed by atoms with Crippen LogP contribution in [0.5, 0.6) is 5.75 Å². The van der Waals surface area contributed by atoms with Crippen LogP contribution in [0.25, 0.3) is 0 Å². The molecule has 2 rings (SSSR count). The Labute approximate surface area is 124 Å². The van der Waals surface area contributed by atoms with Crippen molar-refractivity contribution in [3.05, 3.63) is 29.8 Å². The van der Waals surface area contributed by atoms with Gasteiger partial charge in [-0.15, -0.1) is 0 Å². The zero-order valence-electron chi connectivity index (χ0n) is 12.4. The second-order valence-electron chi connectivity index (χ2n) is 6.03. The SMILES string of the molecule is CC(C)C1(C(=O)O)CCN(C(=O)Cc2cccc(O)c2)C1. The van der Waals surface area contributed by atoms with Gasteiger partial charge in [-0.1, -0.05) is 26.0 Å². The molecule has 0 aliphatic carbocycles. The molecule has 0 radical (unpaired) electrons. The summed E-state index contributed by atoms with van der Waals surface area (Å²) in [6.07, 6.45) is 0.675. The number of carboxylic acids is 1. The van der Waals surface area contributed by atoms with Crippen molar-refractivity contribution < 1.29 is 19.8 Å². The van der Waals surface area contributed by atoms with Crippen LogP contribution in [-0.4, -0.2) is 40.1 Å². The molecule has 1 aromatic carbocycles. The Morgan fingerprint density at radius 2 is 2.10 bits per heavy atom. The molecule has 0 aromatic heterocycles. The maximum absolute atomic E-state index is 12.3. The van der Waals surface area contributed by atoms with Crippen LogP contribution in [0.15, 0.2) is 24.3 Å². The minimum absolute atomic E-state index is 0.0198. The molecular formula is C16H21NO4. The van der Waals surface area contributed by atoms with E-state index in [1.54, 1.807) is 29.2 Å². The first-order valence-electron chi connectivity index (χ1n) is 7.14. The van der Waals surface area contributed by atoms with Gasteiger partial charge in [-0.3, -0.25) is 9.59 Å². The molecule has 1 unspecified atom stereocenters. The second-order valence-corrected chi connectivity index (χ2v) is 6.03. The van der Waals surface area contributed by atoms with Crippen LogP contribution in [0.2, 0.25) is 0 Å². The predicted molar refractivity (Wildman–Crippen MR) is 77.9 cm³/mol. The van der Waals surface area contributed by atoms with Gasteiger partial charge in [0, 0.05) is 13.1 Å². The summed E-state index contributed by atoms with van der Waals surface area (Å²) < 4.78 is 0. The van der Waals surface area contributed by atoms with Crippen LogP contribution in [0.3, 0.4) is 0 Å². The first kappa shape index (κ1) is 15.4. The molecule has 1 fully saturated rings. The molecule has 1 atom stereocenters. The molecule has 0 spiro atoms. The summed E-state index contributed by atoms with van der Waals surface area (Å²) in [6, 6.07) is 6.58. The van der Waals surface area contributed by atoms with E-state index >= 15 is 0 Å². The molecule has 1 saturated heterocycles. The zero-order chi connectivity index (χ0) is 15.6. The van der Waals surface area contributed by atoms with Gasteiger partial charge >= 0.3 is 5.97 Å². The molecule has 1 amide bonds. The number of benzene rings is 1. The Hall–Kier alpha value is -2.04. The van der Waals surface area contributed by atoms with E-state index in [0.29, 0.717) is 13.0 Å². The lowest BCUT2D eigenvalue weighted by Crippen LogP contribution is -2.41. The molecular weight excluding hydrogens is 270 g/mol. The van der Waals surface area contributed by atoms with Gasteiger partial charge in [-0.2, -0.15) is 0 Å². The van der Waals surface area contributed by atoms with Gasteiger partial charge in [0.2, 0.25) is 5.91 Å². The third kappa shape index (κ3) is 3.01. The fourth-order valence-corrected chi connectivity index (χ4v) is 2.89. The standard InChI is InChI=1S/C16H21NO4/c1-11(2)16(15(20)21)6-7-17(10-16)14(19)9-12-4-3-5-13(18)8-12/h3-5,8,11,18H,6-7,9-10H2,1-2H3,(H,20,21). The highest BCUT2D eigenvalue weighted by atomic mass is 16.4. The van der Waals surface area contributed by atoms with Crippen molar-refractivity contribution in [3.63, 3.8) is 0 Å². The molecule has 114 valence electrons. The number of nitrogens with zero attached hydrogens (tertiary/aromatic N) is 1. The van der Waals surface area contributed by atoms with Crippen molar-refractivity contribution in [2.45, 2.75) is 26.7 Å². The minimum Gasteiger partial charge on any atom is -0.508 e. The number of carbonyl (C=O) groups excluding carboxylic acids is 1. The van der Waals surface area contributed by atoms with Crippen LogP contribution in [0, 0.1) is 11.3 Å². The van der Waals surface area contributed by atoms with Gasteiger partial charge in [0.25, 0.3) is 0 Å². The Morgan fingerprint density at radius 1 is 1.38 bits per heavy atom. The molecule has 1 aliphatic heterocycles. The van der Waals surface area contributed by atoms with Crippen LogP contribution in [0.1, 0.15) is 25.8 Å². The fourth-order valence-electron chi connectivity index (χ4n) is 2.89. The monoisotopic (exact) mass is 291 g/mol. The largest absolute Gasteiger partial charge is 0.508 e. The number of phenolic OH excluding ortho intramolecular Hbond substituents is 1. The van der Waals surface area contributed by atoms with Crippen molar-refractivity contribution in [1.29, 1.82) is 0 Å². The number of amides is 1. The molecule has 1 aliphatic rings. The summed E-state index contributed by atoms with van der Waals surface area (Å²) >= 11 is 0. The van der Waals surface area contributed by atoms with Gasteiger partial charge in [-0.25, -0.2) is 0 Å². The van der Waals surface area contributed by atoms with Gasteiger partial charge in [0.15, 0.2) is 0 Å². The summed E-state index contributed by atoms with van der Waals surface area (Å²) in [7, 11) is 0. The fraction of sp³-hybridized carbons (Fsp3) is 0.500. The number of phenols is 1. The first-order valence-corrected chi connectivity index (χ1v) is 7.14. The number of carboxylic acid groups (broad SMARTS) is 1. The van der Waals surface area contributed by atoms with Crippen molar-refractivity contribution in [2.24, 2.45) is 11.3 Å². The molecule has 5 nitrogen and oxygen atoms in total. The lowest BCUT2D eigenvalue weighted by atomic mass is 9.76. The lowest BCUT2D eigenvalue weighted by Gasteiger charge is -2.28. The van der Waals surface area contributed by atoms with E-state index in [0.717, 1.165) is 5.56 Å². The number of hydrogen-bond donors (Lipinski definition) is 2. The molecule has 1 heterocycles. The molecule has 1 aromatic rings. The highest BCUT2D eigenvalue weighted by Crippen LogP contribution is 2.38. The van der Waals surface area contributed by atoms with E-state index in [4.69, 9.17) is 0 Å². The van der Waals surface area contributed by atoms with Crippen LogP contribution in [-0.2, 0) is 16.0 Å². The van der Waals surface area contributed by atoms with E-state index in [9.17, 15) is 19.8 Å². The van der Waals surface area contributed by atoms with Crippen molar-refractivity contribution in [3.8, 4) is 5.75 Å². The quantitative estimate of drug-likeness (QED) is 0.888. The number of rotatable bonds is 4. The molecule has 2 N–H and O–H groups in total. The molecule has 5 heteroatoms. The zero-order valence-corrected chi connectivity index (χ0v) is 12.4. The Bertz CT molecular complexity index is 555. The summed E-state index contributed by atoms with van der Waals surface area (Å²) in [5.41, 5.74) is -0.105. The summed E-state index contributed by atoms with van der Waals surface area (Å²) in [6.45, 7) is 4.51. The van der Waals surface area contributed by atoms with Gasteiger partial charge in [0.1, 0.15) is 5.75 Å². The van der Waals surface area contributed by atoms with E-state index in [2.05, 4.69) is 0 Å². The maximum atomic E-state index is 12.3. The van der Waals surface area contributed by atoms with Gasteiger partial charge in [-0.05, 0) is 30.0 Å². The number of aliphatic carboxylic acids is 1. The molecule has 0 saturated carbocycles. The van der Waals surface area contributed by atoms with E-state index in [-0.39, 0.29) is 30.5 Å². The van der Waals surface area contributed by atoms with Crippen LogP contribution >= 0.6 is 0 Å². The van der Waals surface area contributed by atoms with Crippen molar-refractivity contribution in [2.75, 3.05) is 13.1 Å². The third-order valence-electron chi connectivity index (χ3n) is 4.45. The highest BCUT2D eigenvalue weighted by molar-refractivity contribution is 5.82. The van der Waals surface area contributed by atoms with Crippen LogP contribution in [0.4, 0.5) is 0 Å². The Balaban J connectivity index is 2.07. The van der Waals surface area contributed by atoms with E-state index in [1.165, 1.54) is 0 Å². The average Bonchev–Trinajstić information content (AvgIpc) is 2.85. The second kappa shape index (κ2) is 5.76. The van der Waals surface area contributed by atoms with Crippen LogP contribution < -0.4 is 0 Å². The number of likely N-dealkylation sites (tertiary alicyclic amines) is 1. The highest BCUT2D eigenvalue weighted by Gasteiger charge is 2.48. The smallest absolute Gasteiger partial charge is 0.311 e. The summed E-state index contributed by atoms with van der Waals surface area (Å²) in [5.74, 6) is -0.813. The van der Waals surface area contributed by atoms with Crippen molar-refractivity contribution in [1.82, 2.24) is 4.90 Å². The van der Waals surface area contributed by atoms with E-state index in [1.807, 2.05) is 13.8 Å². The number of carbonyl (C=O) groups is 2. The lowest BCUT2D eigenvalue weighted by molar-refractivity contribution is -0.151. The average molecular weight is 291 g/mol. The summed E-state index contributed by atoms with van der Waals surface area (Å²) in [5, 5.41) is 18.9. The van der Waals surface area contributed by atoms with Gasteiger partial charge in [0.05, 0.1) is 11.8 Å². The summed E-state index contributed by atoms with van der Waals surface area (Å²) in [4.78, 5) is 25.5. The normalized spacial score (nSPS) is 21.8. The van der Waals surface area contributed by atoms with Crippen molar-refractivity contribution >= 4 is 11.9 Å². The maximum Gasteiger partial charge on any atom is 0.311 e.